The van der Waals surface area contributed by atoms with Crippen molar-refractivity contribution in [2.24, 2.45) is 0 Å². The van der Waals surface area contributed by atoms with E-state index in [9.17, 15) is 21.6 Å². The SMILES string of the molecule is O=C(O)C1CCCN1S(=O)(=O)C1CCS(=O)(=O)CC1. The molecule has 2 rings (SSSR count). The van der Waals surface area contributed by atoms with Gasteiger partial charge < -0.3 is 5.11 Å². The number of hydrogen-bond donors (Lipinski definition) is 1. The van der Waals surface area contributed by atoms with Gasteiger partial charge in [0.15, 0.2) is 0 Å². The minimum absolute atomic E-state index is 0.0630. The summed E-state index contributed by atoms with van der Waals surface area (Å²) in [6.45, 7) is 0.211. The maximum Gasteiger partial charge on any atom is 0.322 e. The first-order valence-corrected chi connectivity index (χ1v) is 9.50. The van der Waals surface area contributed by atoms with Gasteiger partial charge in [-0.15, -0.1) is 0 Å². The van der Waals surface area contributed by atoms with Crippen LogP contribution in [0, 0.1) is 0 Å². The van der Waals surface area contributed by atoms with Crippen LogP contribution >= 0.6 is 0 Å². The Kier molecular flexibility index (Phi) is 3.90. The highest BCUT2D eigenvalue weighted by Crippen LogP contribution is 2.28. The molecule has 0 saturated carbocycles. The summed E-state index contributed by atoms with van der Waals surface area (Å²) in [5, 5.41) is 8.26. The first-order chi connectivity index (χ1) is 8.74. The summed E-state index contributed by atoms with van der Waals surface area (Å²) >= 11 is 0. The molecule has 2 saturated heterocycles. The molecule has 7 nitrogen and oxygen atoms in total. The number of sulfonamides is 1. The van der Waals surface area contributed by atoms with Crippen molar-refractivity contribution in [1.82, 2.24) is 4.31 Å². The van der Waals surface area contributed by atoms with Crippen molar-refractivity contribution in [2.75, 3.05) is 18.1 Å². The summed E-state index contributed by atoms with van der Waals surface area (Å²) in [6, 6.07) is -0.997. The number of carboxylic acids is 1. The third-order valence-corrected chi connectivity index (χ3v) is 7.86. The molecule has 0 aromatic heterocycles. The van der Waals surface area contributed by atoms with E-state index in [2.05, 4.69) is 0 Å². The van der Waals surface area contributed by atoms with Crippen LogP contribution in [0.3, 0.4) is 0 Å². The molecule has 1 unspecified atom stereocenters. The molecule has 0 bridgehead atoms. The number of rotatable bonds is 3. The number of aliphatic carboxylic acids is 1. The van der Waals surface area contributed by atoms with Crippen molar-refractivity contribution in [2.45, 2.75) is 37.0 Å². The van der Waals surface area contributed by atoms with Crippen molar-refractivity contribution >= 4 is 25.8 Å². The molecule has 0 amide bonds. The number of nitrogens with zero attached hydrogens (tertiary/aromatic N) is 1. The summed E-state index contributed by atoms with van der Waals surface area (Å²) in [7, 11) is -6.85. The van der Waals surface area contributed by atoms with Crippen LogP contribution in [0.4, 0.5) is 0 Å². The van der Waals surface area contributed by atoms with E-state index in [-0.39, 0.29) is 30.9 Å². The largest absolute Gasteiger partial charge is 0.480 e. The zero-order valence-corrected chi connectivity index (χ0v) is 12.0. The molecule has 1 atom stereocenters. The fourth-order valence-electron chi connectivity index (χ4n) is 2.65. The average Bonchev–Trinajstić information content (AvgIpc) is 2.77. The quantitative estimate of drug-likeness (QED) is 0.748. The van der Waals surface area contributed by atoms with Gasteiger partial charge in [-0.3, -0.25) is 4.79 Å². The van der Waals surface area contributed by atoms with E-state index in [4.69, 9.17) is 5.11 Å². The standard InChI is InChI=1S/C10H17NO6S2/c12-10(13)9-2-1-5-11(9)19(16,17)8-3-6-18(14,15)7-4-8/h8-9H,1-7H2,(H,12,13). The van der Waals surface area contributed by atoms with Gasteiger partial charge in [-0.25, -0.2) is 16.8 Å². The summed E-state index contributed by atoms with van der Waals surface area (Å²) in [5.41, 5.74) is 0. The summed E-state index contributed by atoms with van der Waals surface area (Å²) in [5.74, 6) is -1.41. The Morgan fingerprint density at radius 3 is 2.26 bits per heavy atom. The number of carbonyl (C=O) groups is 1. The van der Waals surface area contributed by atoms with Crippen LogP contribution in [0.5, 0.6) is 0 Å². The zero-order chi connectivity index (χ0) is 14.3. The predicted octanol–water partition coefficient (Wildman–Crippen LogP) is -0.558. The normalized spacial score (nSPS) is 29.4. The number of hydrogen-bond acceptors (Lipinski definition) is 5. The van der Waals surface area contributed by atoms with Crippen LogP contribution in [-0.2, 0) is 24.7 Å². The molecule has 0 aromatic carbocycles. The smallest absolute Gasteiger partial charge is 0.322 e. The van der Waals surface area contributed by atoms with Gasteiger partial charge in [-0.05, 0) is 25.7 Å². The Balaban J connectivity index is 2.17. The molecule has 0 radical (unpaired) electrons. The lowest BCUT2D eigenvalue weighted by molar-refractivity contribution is -0.140. The van der Waals surface area contributed by atoms with Crippen LogP contribution in [-0.4, -0.2) is 61.6 Å². The lowest BCUT2D eigenvalue weighted by Crippen LogP contribution is -2.47. The molecule has 9 heteroatoms. The Labute approximate surface area is 112 Å². The van der Waals surface area contributed by atoms with E-state index in [1.54, 1.807) is 0 Å². The van der Waals surface area contributed by atoms with Crippen LogP contribution in [0.25, 0.3) is 0 Å². The van der Waals surface area contributed by atoms with Crippen molar-refractivity contribution in [3.63, 3.8) is 0 Å². The van der Waals surface area contributed by atoms with Crippen molar-refractivity contribution in [1.29, 1.82) is 0 Å². The van der Waals surface area contributed by atoms with E-state index in [1.165, 1.54) is 0 Å². The maximum absolute atomic E-state index is 12.4. The van der Waals surface area contributed by atoms with Gasteiger partial charge in [0.25, 0.3) is 0 Å². The topological polar surface area (TPSA) is 109 Å². The summed E-state index contributed by atoms with van der Waals surface area (Å²) < 4.78 is 48.4. The lowest BCUT2D eigenvalue weighted by atomic mass is 10.2. The monoisotopic (exact) mass is 311 g/mol. The third kappa shape index (κ3) is 2.92. The van der Waals surface area contributed by atoms with Gasteiger partial charge in [-0.2, -0.15) is 4.31 Å². The second-order valence-corrected chi connectivity index (χ2v) is 9.47. The second-order valence-electron chi connectivity index (χ2n) is 5.00. The molecule has 2 aliphatic heterocycles. The number of sulfone groups is 1. The van der Waals surface area contributed by atoms with Gasteiger partial charge in [0.05, 0.1) is 16.8 Å². The molecule has 2 fully saturated rings. The highest BCUT2D eigenvalue weighted by molar-refractivity contribution is 7.92. The number of carboxylic acid groups (broad SMARTS) is 1. The third-order valence-electron chi connectivity index (χ3n) is 3.74. The van der Waals surface area contributed by atoms with Gasteiger partial charge >= 0.3 is 5.97 Å². The van der Waals surface area contributed by atoms with E-state index < -0.39 is 37.1 Å². The summed E-state index contributed by atoms with van der Waals surface area (Å²) in [6.07, 6.45) is 0.974. The molecule has 1 N–H and O–H groups in total. The molecule has 0 spiro atoms. The van der Waals surface area contributed by atoms with Crippen molar-refractivity contribution < 1.29 is 26.7 Å². The molecule has 0 aromatic rings. The van der Waals surface area contributed by atoms with Crippen LogP contribution in [0.2, 0.25) is 0 Å². The zero-order valence-electron chi connectivity index (χ0n) is 10.4. The second kappa shape index (κ2) is 5.02. The first-order valence-electron chi connectivity index (χ1n) is 6.18. The Hall–Kier alpha value is -0.670. The van der Waals surface area contributed by atoms with Gasteiger partial charge in [0, 0.05) is 6.54 Å². The van der Waals surface area contributed by atoms with Gasteiger partial charge in [0.1, 0.15) is 15.9 Å². The molecule has 19 heavy (non-hydrogen) atoms. The van der Waals surface area contributed by atoms with Crippen molar-refractivity contribution in [3.05, 3.63) is 0 Å². The van der Waals surface area contributed by atoms with Crippen molar-refractivity contribution in [3.8, 4) is 0 Å². The fourth-order valence-corrected chi connectivity index (χ4v) is 6.59. The van der Waals surface area contributed by atoms with Gasteiger partial charge in [0.2, 0.25) is 10.0 Å². The van der Waals surface area contributed by atoms with E-state index >= 15 is 0 Å². The van der Waals surface area contributed by atoms with E-state index in [0.717, 1.165) is 4.31 Å². The van der Waals surface area contributed by atoms with E-state index in [1.807, 2.05) is 0 Å². The molecule has 0 aliphatic carbocycles. The minimum Gasteiger partial charge on any atom is -0.480 e. The molecule has 110 valence electrons. The maximum atomic E-state index is 12.4. The molecular weight excluding hydrogens is 294 g/mol. The molecule has 2 heterocycles. The van der Waals surface area contributed by atoms with E-state index in [0.29, 0.717) is 12.8 Å². The Morgan fingerprint density at radius 2 is 1.74 bits per heavy atom. The lowest BCUT2D eigenvalue weighted by Gasteiger charge is -2.29. The average molecular weight is 311 g/mol. The van der Waals surface area contributed by atoms with Crippen LogP contribution < -0.4 is 0 Å². The van der Waals surface area contributed by atoms with Crippen LogP contribution in [0.15, 0.2) is 0 Å². The predicted molar refractivity (Wildman–Crippen MR) is 68.0 cm³/mol. The highest BCUT2D eigenvalue weighted by atomic mass is 32.2. The first kappa shape index (κ1) is 14.7. The molecular formula is C10H17NO6S2. The summed E-state index contributed by atoms with van der Waals surface area (Å²) in [4.78, 5) is 11.0. The fraction of sp³-hybridized carbons (Fsp3) is 0.900. The Morgan fingerprint density at radius 1 is 1.16 bits per heavy atom. The Bertz CT molecular complexity index is 553. The minimum atomic E-state index is -3.72. The highest BCUT2D eigenvalue weighted by Gasteiger charge is 2.43. The van der Waals surface area contributed by atoms with Gasteiger partial charge in [-0.1, -0.05) is 0 Å². The molecule has 2 aliphatic rings. The van der Waals surface area contributed by atoms with Crippen LogP contribution in [0.1, 0.15) is 25.7 Å².